The maximum Gasteiger partial charge on any atom is 0.232 e. The highest BCUT2D eigenvalue weighted by atomic mass is 32.2. The van der Waals surface area contributed by atoms with Gasteiger partial charge in [0.15, 0.2) is 9.84 Å². The van der Waals surface area contributed by atoms with E-state index in [0.717, 1.165) is 11.1 Å². The normalized spacial score (nSPS) is 22.4. The molecule has 0 aromatic heterocycles. The largest absolute Gasteiger partial charge is 0.349 e. The second-order valence-corrected chi connectivity index (χ2v) is 8.83. The topological polar surface area (TPSA) is 63.2 Å². The molecule has 4 nitrogen and oxygen atoms in total. The summed E-state index contributed by atoms with van der Waals surface area (Å²) in [5.74, 6) is -0.479. The standard InChI is InChI=1S/C19H21NO3S/c1-19(12-13-24(22,23)14-19)20-18(21)17(15-8-4-2-5-9-15)16-10-6-3-7-11-16/h2-11,17H,12-14H2,1H3,(H,20,21). The third kappa shape index (κ3) is 3.67. The van der Waals surface area contributed by atoms with Gasteiger partial charge in [-0.05, 0) is 24.5 Å². The summed E-state index contributed by atoms with van der Waals surface area (Å²) in [6.45, 7) is 1.81. The number of hydrogen-bond donors (Lipinski definition) is 1. The van der Waals surface area contributed by atoms with Crippen LogP contribution in [0.4, 0.5) is 0 Å². The molecule has 1 heterocycles. The lowest BCUT2D eigenvalue weighted by atomic mass is 9.89. The van der Waals surface area contributed by atoms with Crippen molar-refractivity contribution in [3.8, 4) is 0 Å². The van der Waals surface area contributed by atoms with Crippen LogP contribution >= 0.6 is 0 Å². The van der Waals surface area contributed by atoms with E-state index in [-0.39, 0.29) is 17.4 Å². The molecule has 0 aliphatic carbocycles. The van der Waals surface area contributed by atoms with E-state index in [9.17, 15) is 13.2 Å². The van der Waals surface area contributed by atoms with Crippen LogP contribution in [-0.4, -0.2) is 31.4 Å². The number of nitrogens with one attached hydrogen (secondary N) is 1. The van der Waals surface area contributed by atoms with Crippen molar-refractivity contribution in [1.29, 1.82) is 0 Å². The van der Waals surface area contributed by atoms with E-state index in [4.69, 9.17) is 0 Å². The summed E-state index contributed by atoms with van der Waals surface area (Å²) in [5.41, 5.74) is 1.09. The SMILES string of the molecule is CC1(NC(=O)C(c2ccccc2)c2ccccc2)CCS(=O)(=O)C1. The van der Waals surface area contributed by atoms with Crippen molar-refractivity contribution in [2.45, 2.75) is 24.8 Å². The van der Waals surface area contributed by atoms with Crippen molar-refractivity contribution < 1.29 is 13.2 Å². The Morgan fingerprint density at radius 3 is 1.92 bits per heavy atom. The molecule has 2 aromatic carbocycles. The monoisotopic (exact) mass is 343 g/mol. The van der Waals surface area contributed by atoms with Crippen molar-refractivity contribution in [2.75, 3.05) is 11.5 Å². The van der Waals surface area contributed by atoms with E-state index >= 15 is 0 Å². The third-order valence-corrected chi connectivity index (χ3v) is 6.36. The second-order valence-electron chi connectivity index (χ2n) is 6.65. The number of carbonyl (C=O) groups excluding carboxylic acids is 1. The quantitative estimate of drug-likeness (QED) is 0.928. The summed E-state index contributed by atoms with van der Waals surface area (Å²) >= 11 is 0. The molecular formula is C19H21NO3S. The highest BCUT2D eigenvalue weighted by molar-refractivity contribution is 7.91. The van der Waals surface area contributed by atoms with E-state index < -0.39 is 21.3 Å². The molecule has 1 amide bonds. The number of amides is 1. The van der Waals surface area contributed by atoms with Gasteiger partial charge in [-0.3, -0.25) is 4.79 Å². The van der Waals surface area contributed by atoms with Gasteiger partial charge < -0.3 is 5.32 Å². The third-order valence-electron chi connectivity index (χ3n) is 4.46. The first kappa shape index (κ1) is 16.7. The Bertz CT molecular complexity index is 779. The smallest absolute Gasteiger partial charge is 0.232 e. The van der Waals surface area contributed by atoms with Gasteiger partial charge in [0.2, 0.25) is 5.91 Å². The molecule has 3 rings (SSSR count). The minimum Gasteiger partial charge on any atom is -0.349 e. The summed E-state index contributed by atoms with van der Waals surface area (Å²) in [5, 5.41) is 2.99. The van der Waals surface area contributed by atoms with Gasteiger partial charge in [-0.1, -0.05) is 60.7 Å². The van der Waals surface area contributed by atoms with Gasteiger partial charge in [-0.2, -0.15) is 0 Å². The fourth-order valence-corrected chi connectivity index (χ4v) is 5.36. The lowest BCUT2D eigenvalue weighted by Gasteiger charge is -2.27. The van der Waals surface area contributed by atoms with Crippen LogP contribution in [0.1, 0.15) is 30.4 Å². The van der Waals surface area contributed by atoms with Crippen LogP contribution < -0.4 is 5.32 Å². The predicted molar refractivity (Wildman–Crippen MR) is 94.5 cm³/mol. The van der Waals surface area contributed by atoms with E-state index in [0.29, 0.717) is 6.42 Å². The van der Waals surface area contributed by atoms with Crippen LogP contribution in [0.25, 0.3) is 0 Å². The zero-order valence-electron chi connectivity index (χ0n) is 13.6. The number of rotatable bonds is 4. The molecule has 126 valence electrons. The molecule has 1 unspecified atom stereocenters. The van der Waals surface area contributed by atoms with Gasteiger partial charge in [0.1, 0.15) is 0 Å². The molecule has 0 saturated carbocycles. The molecule has 0 bridgehead atoms. The van der Waals surface area contributed by atoms with Crippen molar-refractivity contribution in [3.63, 3.8) is 0 Å². The first-order chi connectivity index (χ1) is 11.4. The zero-order chi connectivity index (χ0) is 17.2. The Kier molecular flexibility index (Phi) is 4.45. The molecular weight excluding hydrogens is 322 g/mol. The molecule has 0 radical (unpaired) electrons. The average Bonchev–Trinajstić information content (AvgIpc) is 2.82. The number of hydrogen-bond acceptors (Lipinski definition) is 3. The highest BCUT2D eigenvalue weighted by Gasteiger charge is 2.40. The molecule has 1 atom stereocenters. The summed E-state index contributed by atoms with van der Waals surface area (Å²) in [6.07, 6.45) is 0.456. The van der Waals surface area contributed by atoms with Crippen LogP contribution in [0.5, 0.6) is 0 Å². The van der Waals surface area contributed by atoms with Crippen LogP contribution in [0.3, 0.4) is 0 Å². The lowest BCUT2D eigenvalue weighted by Crippen LogP contribution is -2.48. The fourth-order valence-electron chi connectivity index (χ4n) is 3.26. The predicted octanol–water partition coefficient (Wildman–Crippen LogP) is 2.51. The van der Waals surface area contributed by atoms with Gasteiger partial charge >= 0.3 is 0 Å². The number of benzene rings is 2. The van der Waals surface area contributed by atoms with Crippen LogP contribution in [0, 0.1) is 0 Å². The van der Waals surface area contributed by atoms with E-state index in [1.165, 1.54) is 0 Å². The Morgan fingerprint density at radius 1 is 1.00 bits per heavy atom. The first-order valence-corrected chi connectivity index (χ1v) is 9.83. The Labute approximate surface area is 142 Å². The minimum atomic E-state index is -3.07. The molecule has 24 heavy (non-hydrogen) atoms. The molecule has 0 spiro atoms. The van der Waals surface area contributed by atoms with E-state index in [1.54, 1.807) is 0 Å². The maximum absolute atomic E-state index is 13.0. The van der Waals surface area contributed by atoms with Crippen molar-refractivity contribution in [3.05, 3.63) is 71.8 Å². The van der Waals surface area contributed by atoms with Gasteiger partial charge in [-0.25, -0.2) is 8.42 Å². The molecule has 1 fully saturated rings. The van der Waals surface area contributed by atoms with Crippen molar-refractivity contribution in [1.82, 2.24) is 5.32 Å². The minimum absolute atomic E-state index is 0.00202. The molecule has 1 aliphatic rings. The Hall–Kier alpha value is -2.14. The lowest BCUT2D eigenvalue weighted by molar-refractivity contribution is -0.123. The Balaban J connectivity index is 1.90. The van der Waals surface area contributed by atoms with Gasteiger partial charge in [0, 0.05) is 0 Å². The summed E-state index contributed by atoms with van der Waals surface area (Å²) < 4.78 is 23.6. The van der Waals surface area contributed by atoms with Crippen molar-refractivity contribution >= 4 is 15.7 Å². The van der Waals surface area contributed by atoms with Crippen LogP contribution in [0.2, 0.25) is 0 Å². The molecule has 1 aliphatic heterocycles. The zero-order valence-corrected chi connectivity index (χ0v) is 14.4. The number of sulfone groups is 1. The van der Waals surface area contributed by atoms with Gasteiger partial charge in [0.25, 0.3) is 0 Å². The van der Waals surface area contributed by atoms with Gasteiger partial charge in [-0.15, -0.1) is 0 Å². The average molecular weight is 343 g/mol. The fraction of sp³-hybridized carbons (Fsp3) is 0.316. The molecule has 5 heteroatoms. The molecule has 2 aromatic rings. The van der Waals surface area contributed by atoms with E-state index in [2.05, 4.69) is 5.32 Å². The van der Waals surface area contributed by atoms with Gasteiger partial charge in [0.05, 0.1) is 23.0 Å². The summed E-state index contributed by atoms with van der Waals surface area (Å²) in [6, 6.07) is 19.1. The Morgan fingerprint density at radius 2 is 1.50 bits per heavy atom. The molecule has 1 N–H and O–H groups in total. The van der Waals surface area contributed by atoms with Crippen LogP contribution in [0.15, 0.2) is 60.7 Å². The highest BCUT2D eigenvalue weighted by Crippen LogP contribution is 2.28. The maximum atomic E-state index is 13.0. The second kappa shape index (κ2) is 6.40. The van der Waals surface area contributed by atoms with E-state index in [1.807, 2.05) is 67.6 Å². The van der Waals surface area contributed by atoms with Crippen LogP contribution in [-0.2, 0) is 14.6 Å². The molecule has 1 saturated heterocycles. The summed E-state index contributed by atoms with van der Waals surface area (Å²) in [4.78, 5) is 13.0. The number of carbonyl (C=O) groups is 1. The van der Waals surface area contributed by atoms with Crippen molar-refractivity contribution in [2.24, 2.45) is 0 Å². The summed E-state index contributed by atoms with van der Waals surface area (Å²) in [7, 11) is -3.07. The first-order valence-electron chi connectivity index (χ1n) is 8.01.